The first kappa shape index (κ1) is 15.5. The fraction of sp³-hybridized carbons (Fsp3) is 0.200. The number of hydrogen-bond donors (Lipinski definition) is 1. The Bertz CT molecular complexity index is 604. The summed E-state index contributed by atoms with van der Waals surface area (Å²) in [5, 5.41) is 0. The number of halogens is 3. The second-order valence-corrected chi connectivity index (χ2v) is 6.02. The topological polar surface area (TPSA) is 35.2 Å². The maximum atomic E-state index is 13.0. The Balaban J connectivity index is 2.08. The highest BCUT2D eigenvalue weighted by Gasteiger charge is 2.05. The van der Waals surface area contributed by atoms with E-state index in [1.807, 2.05) is 18.2 Å². The number of nitrogens with two attached hydrogens (primary N) is 1. The van der Waals surface area contributed by atoms with E-state index in [2.05, 4.69) is 31.9 Å². The molecule has 5 heteroatoms. The van der Waals surface area contributed by atoms with Crippen LogP contribution in [0, 0.1) is 5.82 Å². The van der Waals surface area contributed by atoms with E-state index in [4.69, 9.17) is 10.5 Å². The molecule has 0 aromatic heterocycles. The van der Waals surface area contributed by atoms with E-state index in [0.717, 1.165) is 27.8 Å². The molecule has 0 heterocycles. The van der Waals surface area contributed by atoms with E-state index in [1.54, 1.807) is 6.07 Å². The summed E-state index contributed by atoms with van der Waals surface area (Å²) in [6, 6.07) is 10.4. The molecule has 0 spiro atoms. The van der Waals surface area contributed by atoms with Gasteiger partial charge in [0.2, 0.25) is 0 Å². The Morgan fingerprint density at radius 2 is 1.80 bits per heavy atom. The predicted octanol–water partition coefficient (Wildman–Crippen LogP) is 4.43. The molecule has 0 saturated carbocycles. The Hall–Kier alpha value is -0.910. The Labute approximate surface area is 134 Å². The minimum absolute atomic E-state index is 0.269. The van der Waals surface area contributed by atoms with Gasteiger partial charge in [-0.15, -0.1) is 0 Å². The van der Waals surface area contributed by atoms with Gasteiger partial charge in [-0.3, -0.25) is 0 Å². The van der Waals surface area contributed by atoms with Crippen LogP contribution in [0.25, 0.3) is 0 Å². The normalized spacial score (nSPS) is 10.6. The van der Waals surface area contributed by atoms with E-state index in [0.29, 0.717) is 17.6 Å². The summed E-state index contributed by atoms with van der Waals surface area (Å²) in [5.41, 5.74) is 7.59. The molecule has 0 saturated heterocycles. The van der Waals surface area contributed by atoms with Crippen molar-refractivity contribution in [3.05, 3.63) is 62.3 Å². The van der Waals surface area contributed by atoms with Crippen LogP contribution in [0.3, 0.4) is 0 Å². The van der Waals surface area contributed by atoms with Gasteiger partial charge in [0.25, 0.3) is 0 Å². The molecule has 0 aliphatic heterocycles. The number of rotatable bonds is 5. The molecule has 0 atom stereocenters. The van der Waals surface area contributed by atoms with Crippen LogP contribution in [0.15, 0.2) is 45.3 Å². The molecule has 0 radical (unpaired) electrons. The standard InChI is InChI=1S/C15H14Br2FNO/c16-14-4-3-13(7-10(14)5-6-19)20-9-11-1-2-12(18)8-15(11)17/h1-4,7-8H,5-6,9,19H2. The smallest absolute Gasteiger partial charge is 0.124 e. The molecule has 2 rings (SSSR count). The summed E-state index contributed by atoms with van der Waals surface area (Å²) in [7, 11) is 0. The van der Waals surface area contributed by atoms with Gasteiger partial charge in [-0.05, 0) is 48.9 Å². The van der Waals surface area contributed by atoms with Gasteiger partial charge < -0.3 is 10.5 Å². The first-order valence-corrected chi connectivity index (χ1v) is 7.74. The number of hydrogen-bond acceptors (Lipinski definition) is 2. The Kier molecular flexibility index (Phi) is 5.57. The van der Waals surface area contributed by atoms with Gasteiger partial charge in [0, 0.05) is 14.5 Å². The molecule has 0 amide bonds. The fourth-order valence-electron chi connectivity index (χ4n) is 1.79. The van der Waals surface area contributed by atoms with Crippen LogP contribution in [0.4, 0.5) is 4.39 Å². The quantitative estimate of drug-likeness (QED) is 0.802. The fourth-order valence-corrected chi connectivity index (χ4v) is 2.70. The van der Waals surface area contributed by atoms with E-state index >= 15 is 0 Å². The number of ether oxygens (including phenoxy) is 1. The minimum atomic E-state index is -0.269. The van der Waals surface area contributed by atoms with Crippen molar-refractivity contribution >= 4 is 31.9 Å². The molecule has 0 bridgehead atoms. The van der Waals surface area contributed by atoms with Crippen LogP contribution in [0.5, 0.6) is 5.75 Å². The second kappa shape index (κ2) is 7.20. The third-order valence-electron chi connectivity index (χ3n) is 2.84. The average Bonchev–Trinajstić information content (AvgIpc) is 2.41. The maximum Gasteiger partial charge on any atom is 0.124 e. The lowest BCUT2D eigenvalue weighted by molar-refractivity contribution is 0.305. The van der Waals surface area contributed by atoms with Crippen LogP contribution >= 0.6 is 31.9 Å². The summed E-state index contributed by atoms with van der Waals surface area (Å²) < 4.78 is 20.5. The summed E-state index contributed by atoms with van der Waals surface area (Å²) in [6.07, 6.45) is 0.790. The third kappa shape index (κ3) is 4.04. The van der Waals surface area contributed by atoms with E-state index in [-0.39, 0.29) is 5.82 Å². The van der Waals surface area contributed by atoms with Crippen LogP contribution in [0.2, 0.25) is 0 Å². The molecule has 2 aromatic carbocycles. The van der Waals surface area contributed by atoms with Gasteiger partial charge in [0.1, 0.15) is 18.2 Å². The van der Waals surface area contributed by atoms with Gasteiger partial charge in [-0.25, -0.2) is 4.39 Å². The zero-order valence-electron chi connectivity index (χ0n) is 10.7. The molecular formula is C15H14Br2FNO. The van der Waals surface area contributed by atoms with Crippen molar-refractivity contribution in [2.45, 2.75) is 13.0 Å². The monoisotopic (exact) mass is 401 g/mol. The van der Waals surface area contributed by atoms with Gasteiger partial charge in [-0.1, -0.05) is 37.9 Å². The molecule has 0 aliphatic rings. The average molecular weight is 403 g/mol. The molecule has 0 unspecified atom stereocenters. The van der Waals surface area contributed by atoms with Gasteiger partial charge in [0.05, 0.1) is 0 Å². The second-order valence-electron chi connectivity index (χ2n) is 4.32. The zero-order valence-corrected chi connectivity index (χ0v) is 13.9. The van der Waals surface area contributed by atoms with E-state index < -0.39 is 0 Å². The third-order valence-corrected chi connectivity index (χ3v) is 4.35. The molecule has 106 valence electrons. The van der Waals surface area contributed by atoms with Crippen molar-refractivity contribution in [1.82, 2.24) is 0 Å². The molecule has 2 N–H and O–H groups in total. The lowest BCUT2D eigenvalue weighted by atomic mass is 10.1. The molecule has 2 aromatic rings. The lowest BCUT2D eigenvalue weighted by Crippen LogP contribution is -2.04. The number of benzene rings is 2. The Morgan fingerprint density at radius 3 is 2.50 bits per heavy atom. The van der Waals surface area contributed by atoms with Crippen LogP contribution in [0.1, 0.15) is 11.1 Å². The van der Waals surface area contributed by atoms with Crippen LogP contribution in [-0.2, 0) is 13.0 Å². The maximum absolute atomic E-state index is 13.0. The first-order chi connectivity index (χ1) is 9.60. The van der Waals surface area contributed by atoms with Crippen molar-refractivity contribution in [1.29, 1.82) is 0 Å². The van der Waals surface area contributed by atoms with Crippen molar-refractivity contribution in [2.75, 3.05) is 6.54 Å². The summed E-state index contributed by atoms with van der Waals surface area (Å²) in [6.45, 7) is 0.968. The molecular weight excluding hydrogens is 389 g/mol. The highest BCUT2D eigenvalue weighted by atomic mass is 79.9. The van der Waals surface area contributed by atoms with Crippen LogP contribution in [-0.4, -0.2) is 6.54 Å². The van der Waals surface area contributed by atoms with E-state index in [9.17, 15) is 4.39 Å². The molecule has 2 nitrogen and oxygen atoms in total. The van der Waals surface area contributed by atoms with Crippen molar-refractivity contribution in [3.8, 4) is 5.75 Å². The predicted molar refractivity (Wildman–Crippen MR) is 85.3 cm³/mol. The SMILES string of the molecule is NCCc1cc(OCc2ccc(F)cc2Br)ccc1Br. The van der Waals surface area contributed by atoms with E-state index in [1.165, 1.54) is 12.1 Å². The zero-order chi connectivity index (χ0) is 14.5. The van der Waals surface area contributed by atoms with Crippen molar-refractivity contribution in [2.24, 2.45) is 5.73 Å². The Morgan fingerprint density at radius 1 is 1.00 bits per heavy atom. The summed E-state index contributed by atoms with van der Waals surface area (Å²) in [5.74, 6) is 0.502. The van der Waals surface area contributed by atoms with Crippen molar-refractivity contribution in [3.63, 3.8) is 0 Å². The largest absolute Gasteiger partial charge is 0.489 e. The molecule has 20 heavy (non-hydrogen) atoms. The van der Waals surface area contributed by atoms with Crippen molar-refractivity contribution < 1.29 is 9.13 Å². The first-order valence-electron chi connectivity index (χ1n) is 6.15. The van der Waals surface area contributed by atoms with Gasteiger partial charge in [0.15, 0.2) is 0 Å². The van der Waals surface area contributed by atoms with Gasteiger partial charge in [-0.2, -0.15) is 0 Å². The van der Waals surface area contributed by atoms with Crippen LogP contribution < -0.4 is 10.5 Å². The summed E-state index contributed by atoms with van der Waals surface area (Å²) >= 11 is 6.81. The van der Waals surface area contributed by atoms with Gasteiger partial charge >= 0.3 is 0 Å². The molecule has 0 fully saturated rings. The highest BCUT2D eigenvalue weighted by molar-refractivity contribution is 9.10. The summed E-state index contributed by atoms with van der Waals surface area (Å²) in [4.78, 5) is 0. The highest BCUT2D eigenvalue weighted by Crippen LogP contribution is 2.25. The minimum Gasteiger partial charge on any atom is -0.489 e. The molecule has 0 aliphatic carbocycles. The lowest BCUT2D eigenvalue weighted by Gasteiger charge is -2.10.